The number of likely N-dealkylation sites (N-methyl/N-ethyl adjacent to an activating group) is 1. The molecule has 1 aliphatic heterocycles. The van der Waals surface area contributed by atoms with E-state index in [1.54, 1.807) is 69.1 Å². The number of hydrogen-bond acceptors (Lipinski definition) is 9. The molecule has 46 heavy (non-hydrogen) atoms. The molecule has 0 aliphatic carbocycles. The van der Waals surface area contributed by atoms with Gasteiger partial charge >= 0.3 is 12.3 Å². The lowest BCUT2D eigenvalue weighted by molar-refractivity contribution is -0.138. The number of para-hydroxylation sites is 1. The zero-order valence-corrected chi connectivity index (χ0v) is 26.5. The van der Waals surface area contributed by atoms with Gasteiger partial charge in [0.15, 0.2) is 0 Å². The number of hydrogen-bond donors (Lipinski definition) is 1. The maximum Gasteiger partial charge on any atom is 0.422 e. The molecule has 10 nitrogen and oxygen atoms in total. The second kappa shape index (κ2) is 13.3. The van der Waals surface area contributed by atoms with Crippen molar-refractivity contribution in [2.24, 2.45) is 0 Å². The van der Waals surface area contributed by atoms with E-state index >= 15 is 13.2 Å². The summed E-state index contributed by atoms with van der Waals surface area (Å²) >= 11 is 1.20. The Balaban J connectivity index is 1.54. The summed E-state index contributed by atoms with van der Waals surface area (Å²) in [7, 11) is 1.55. The van der Waals surface area contributed by atoms with Gasteiger partial charge in [-0.1, -0.05) is 18.2 Å². The molecule has 2 aromatic carbocycles. The highest BCUT2D eigenvalue weighted by atomic mass is 32.1. The molecule has 2 amide bonds. The molecule has 242 valence electrons. The van der Waals surface area contributed by atoms with Gasteiger partial charge in [-0.25, -0.2) is 9.78 Å². The van der Waals surface area contributed by atoms with E-state index in [2.05, 4.69) is 20.5 Å². The van der Waals surface area contributed by atoms with Crippen molar-refractivity contribution in [3.63, 3.8) is 0 Å². The summed E-state index contributed by atoms with van der Waals surface area (Å²) in [6, 6.07) is 11.9. The largest absolute Gasteiger partial charge is 0.457 e. The van der Waals surface area contributed by atoms with Crippen molar-refractivity contribution in [3.05, 3.63) is 77.6 Å². The standard InChI is InChI=1S/C32H33F3N6O4S/c1-31(2,3)45-30(43)40(4)18-21-9-8-16-41(21)27-23(38-28(42)24-19-46-29(39-24)20-14-15-36-37-17-20)12-13-25(26(27)32(33,34)35)44-22-10-6-5-7-11-22/h5-7,10-15,17,19,21H,8-9,16,18H2,1-4H3,(H,38,42)/t21-/m1/s1. The smallest absolute Gasteiger partial charge is 0.422 e. The molecular weight excluding hydrogens is 621 g/mol. The van der Waals surface area contributed by atoms with Crippen molar-refractivity contribution in [3.8, 4) is 22.1 Å². The van der Waals surface area contributed by atoms with Gasteiger partial charge in [0.2, 0.25) is 0 Å². The Labute approximate surface area is 268 Å². The lowest BCUT2D eigenvalue weighted by Crippen LogP contribution is -2.44. The molecule has 0 unspecified atom stereocenters. The van der Waals surface area contributed by atoms with Gasteiger partial charge in [0, 0.05) is 37.1 Å². The maximum absolute atomic E-state index is 15.1. The van der Waals surface area contributed by atoms with Crippen molar-refractivity contribution >= 4 is 34.7 Å². The number of carbonyl (C=O) groups is 2. The number of rotatable bonds is 8. The summed E-state index contributed by atoms with van der Waals surface area (Å²) in [6.45, 7) is 5.57. The topological polar surface area (TPSA) is 110 Å². The van der Waals surface area contributed by atoms with Gasteiger partial charge in [-0.3, -0.25) is 4.79 Å². The number of nitrogens with zero attached hydrogens (tertiary/aromatic N) is 5. The van der Waals surface area contributed by atoms with Gasteiger partial charge in [-0.2, -0.15) is 23.4 Å². The molecule has 4 aromatic rings. The molecule has 0 bridgehead atoms. The number of amides is 2. The average molecular weight is 655 g/mol. The summed E-state index contributed by atoms with van der Waals surface area (Å²) in [5.41, 5.74) is -1.41. The van der Waals surface area contributed by atoms with Gasteiger partial charge in [-0.15, -0.1) is 11.3 Å². The number of thiazole rings is 1. The Hall–Kier alpha value is -4.72. The summed E-state index contributed by atoms with van der Waals surface area (Å²) in [6.07, 6.45) is -1.39. The second-order valence-corrected chi connectivity index (χ2v) is 12.6. The number of ether oxygens (including phenoxy) is 2. The summed E-state index contributed by atoms with van der Waals surface area (Å²) in [5.74, 6) is -0.879. The molecule has 5 rings (SSSR count). The minimum absolute atomic E-state index is 0.0311. The number of carbonyl (C=O) groups excluding carboxylic acids is 2. The van der Waals surface area contributed by atoms with Crippen LogP contribution in [0.25, 0.3) is 10.6 Å². The van der Waals surface area contributed by atoms with E-state index < -0.39 is 41.1 Å². The Morgan fingerprint density at radius 2 is 1.85 bits per heavy atom. The molecule has 1 saturated heterocycles. The van der Waals surface area contributed by atoms with Crippen LogP contribution < -0.4 is 15.0 Å². The fourth-order valence-electron chi connectivity index (χ4n) is 5.11. The normalized spacial score (nSPS) is 15.0. The minimum Gasteiger partial charge on any atom is -0.457 e. The van der Waals surface area contributed by atoms with Gasteiger partial charge in [0.25, 0.3) is 5.91 Å². The monoisotopic (exact) mass is 654 g/mol. The number of anilines is 2. The van der Waals surface area contributed by atoms with Crippen molar-refractivity contribution < 1.29 is 32.2 Å². The molecule has 1 atom stereocenters. The van der Waals surface area contributed by atoms with Gasteiger partial charge in [0.1, 0.15) is 33.4 Å². The van der Waals surface area contributed by atoms with Gasteiger partial charge < -0.3 is 24.6 Å². The molecule has 0 spiro atoms. The first-order valence-electron chi connectivity index (χ1n) is 14.5. The number of benzene rings is 2. The minimum atomic E-state index is -4.87. The van der Waals surface area contributed by atoms with E-state index in [1.807, 2.05) is 0 Å². The fourth-order valence-corrected chi connectivity index (χ4v) is 5.90. The van der Waals surface area contributed by atoms with Crippen LogP contribution in [-0.4, -0.2) is 63.9 Å². The lowest BCUT2D eigenvalue weighted by atomic mass is 10.1. The van der Waals surface area contributed by atoms with Crippen LogP contribution in [0.5, 0.6) is 11.5 Å². The lowest BCUT2D eigenvalue weighted by Gasteiger charge is -2.34. The van der Waals surface area contributed by atoms with Crippen LogP contribution in [0.2, 0.25) is 0 Å². The van der Waals surface area contributed by atoms with Crippen LogP contribution in [-0.2, 0) is 10.9 Å². The maximum atomic E-state index is 15.1. The highest BCUT2D eigenvalue weighted by Crippen LogP contribution is 2.49. The first-order chi connectivity index (χ1) is 21.8. The molecule has 1 aliphatic rings. The molecule has 2 aromatic heterocycles. The molecule has 0 saturated carbocycles. The molecular formula is C32H33F3N6O4S. The van der Waals surface area contributed by atoms with Crippen molar-refractivity contribution in [1.82, 2.24) is 20.1 Å². The van der Waals surface area contributed by atoms with E-state index in [9.17, 15) is 9.59 Å². The number of aromatic nitrogens is 3. The number of nitrogens with one attached hydrogen (secondary N) is 1. The highest BCUT2D eigenvalue weighted by Gasteiger charge is 2.43. The zero-order chi connectivity index (χ0) is 33.1. The molecule has 1 fully saturated rings. The third-order valence-corrected chi connectivity index (χ3v) is 7.96. The zero-order valence-electron chi connectivity index (χ0n) is 25.7. The Kier molecular flexibility index (Phi) is 9.47. The predicted octanol–water partition coefficient (Wildman–Crippen LogP) is 7.50. The van der Waals surface area contributed by atoms with E-state index in [0.717, 1.165) is 0 Å². The third kappa shape index (κ3) is 7.73. The second-order valence-electron chi connectivity index (χ2n) is 11.7. The Morgan fingerprint density at radius 1 is 1.09 bits per heavy atom. The first kappa shape index (κ1) is 32.7. The van der Waals surface area contributed by atoms with Gasteiger partial charge in [0.05, 0.1) is 23.8 Å². The fraction of sp³-hybridized carbons (Fsp3) is 0.344. The SMILES string of the molecule is CN(C[C@H]1CCCN1c1c(NC(=O)c2csc(-c3ccnnc3)n2)ccc(Oc2ccccc2)c1C(F)(F)F)C(=O)OC(C)(C)C. The molecule has 14 heteroatoms. The van der Waals surface area contributed by atoms with E-state index in [1.165, 1.54) is 46.1 Å². The highest BCUT2D eigenvalue weighted by molar-refractivity contribution is 7.13. The Bertz CT molecular complexity index is 1680. The number of alkyl halides is 3. The Morgan fingerprint density at radius 3 is 2.52 bits per heavy atom. The predicted molar refractivity (Wildman–Crippen MR) is 168 cm³/mol. The van der Waals surface area contributed by atoms with E-state index in [-0.39, 0.29) is 35.9 Å². The summed E-state index contributed by atoms with van der Waals surface area (Å²) in [4.78, 5) is 33.5. The number of halogens is 3. The summed E-state index contributed by atoms with van der Waals surface area (Å²) in [5, 5.41) is 12.3. The molecule has 3 heterocycles. The third-order valence-electron chi connectivity index (χ3n) is 7.06. The van der Waals surface area contributed by atoms with Crippen LogP contribution in [0, 0.1) is 0 Å². The van der Waals surface area contributed by atoms with Crippen molar-refractivity contribution in [2.75, 3.05) is 30.4 Å². The molecule has 1 N–H and O–H groups in total. The first-order valence-corrected chi connectivity index (χ1v) is 15.4. The van der Waals surface area contributed by atoms with Crippen molar-refractivity contribution in [1.29, 1.82) is 0 Å². The quantitative estimate of drug-likeness (QED) is 0.208. The van der Waals surface area contributed by atoms with Crippen LogP contribution in [0.3, 0.4) is 0 Å². The van der Waals surface area contributed by atoms with Crippen LogP contribution >= 0.6 is 11.3 Å². The van der Waals surface area contributed by atoms with E-state index in [4.69, 9.17) is 9.47 Å². The van der Waals surface area contributed by atoms with Crippen LogP contribution in [0.4, 0.5) is 29.3 Å². The van der Waals surface area contributed by atoms with E-state index in [0.29, 0.717) is 23.4 Å². The van der Waals surface area contributed by atoms with Crippen molar-refractivity contribution in [2.45, 2.75) is 51.4 Å². The average Bonchev–Trinajstić information content (AvgIpc) is 3.68. The van der Waals surface area contributed by atoms with Crippen LogP contribution in [0.1, 0.15) is 49.7 Å². The van der Waals surface area contributed by atoms with Gasteiger partial charge in [-0.05, 0) is 63.9 Å². The van der Waals surface area contributed by atoms with Crippen LogP contribution in [0.15, 0.2) is 66.3 Å². The summed E-state index contributed by atoms with van der Waals surface area (Å²) < 4.78 is 56.5. The molecule has 0 radical (unpaired) electrons.